The summed E-state index contributed by atoms with van der Waals surface area (Å²) in [5.41, 5.74) is 11.1. The normalized spacial score (nSPS) is 12.8. The summed E-state index contributed by atoms with van der Waals surface area (Å²) < 4.78 is 80.3. The predicted molar refractivity (Wildman–Crippen MR) is 211 cm³/mol. The molecule has 0 aliphatic heterocycles. The van der Waals surface area contributed by atoms with Gasteiger partial charge >= 0.3 is 18.3 Å². The van der Waals surface area contributed by atoms with Crippen molar-refractivity contribution in [2.45, 2.75) is 69.9 Å². The molecule has 0 saturated carbocycles. The summed E-state index contributed by atoms with van der Waals surface area (Å²) >= 11 is 0. The fraction of sp³-hybridized carbons (Fsp3) is 0.389. The van der Waals surface area contributed by atoms with Crippen LogP contribution in [0.2, 0.25) is 0 Å². The molecule has 0 fully saturated rings. The molecule has 0 bridgehead atoms. The number of aliphatic imine (C=N–C) groups is 2. The van der Waals surface area contributed by atoms with Gasteiger partial charge in [0.25, 0.3) is 5.91 Å². The lowest BCUT2D eigenvalue weighted by Gasteiger charge is -2.20. The second-order valence-electron chi connectivity index (χ2n) is 12.7. The molecule has 1 atom stereocenters. The molecule has 326 valence electrons. The number of hydrogen-bond acceptors (Lipinski definition) is 14. The van der Waals surface area contributed by atoms with Crippen LogP contribution >= 0.6 is 0 Å². The molecule has 19 nitrogen and oxygen atoms in total. The number of aromatic nitrogens is 8. The first-order valence-electron chi connectivity index (χ1n) is 18.6. The molecule has 0 aliphatic carbocycles. The maximum Gasteiger partial charge on any atom is 0.408 e. The Balaban J connectivity index is 1.29. The van der Waals surface area contributed by atoms with E-state index in [4.69, 9.17) is 16.2 Å². The topological polar surface area (TPSA) is 263 Å². The summed E-state index contributed by atoms with van der Waals surface area (Å²) in [6.45, 7) is -2.66. The lowest BCUT2D eigenvalue weighted by molar-refractivity contribution is -0.142. The van der Waals surface area contributed by atoms with E-state index < -0.39 is 55.5 Å². The van der Waals surface area contributed by atoms with Crippen LogP contribution in [0, 0.1) is 0 Å². The van der Waals surface area contributed by atoms with E-state index in [-0.39, 0.29) is 24.0 Å². The van der Waals surface area contributed by atoms with Gasteiger partial charge in [-0.1, -0.05) is 6.42 Å². The minimum Gasteiger partial charge on any atom is -0.439 e. The van der Waals surface area contributed by atoms with Gasteiger partial charge in [0.15, 0.2) is 29.8 Å². The van der Waals surface area contributed by atoms with Crippen LogP contribution in [0.25, 0.3) is 0 Å². The van der Waals surface area contributed by atoms with Gasteiger partial charge < -0.3 is 32.2 Å². The van der Waals surface area contributed by atoms with Crippen molar-refractivity contribution in [3.05, 3.63) is 85.0 Å². The number of aryl methyl sites for hydroxylation is 2. The Kier molecular flexibility index (Phi) is 18.0. The number of nitrogens with zero attached hydrogens (tertiary/aromatic N) is 11. The first-order chi connectivity index (χ1) is 29.1. The fourth-order valence-electron chi connectivity index (χ4n) is 5.10. The van der Waals surface area contributed by atoms with Crippen molar-refractivity contribution in [1.82, 2.24) is 40.3 Å². The molecule has 4 aromatic heterocycles. The summed E-state index contributed by atoms with van der Waals surface area (Å²) in [7, 11) is 0. The number of alkyl halides is 6. The number of esters is 1. The van der Waals surface area contributed by atoms with Crippen molar-refractivity contribution >= 4 is 47.1 Å². The van der Waals surface area contributed by atoms with Gasteiger partial charge in [0, 0.05) is 62.7 Å². The number of unbranched alkanes of at least 4 members (excludes halogenated alkanes) is 3. The summed E-state index contributed by atoms with van der Waals surface area (Å²) in [6.07, 6.45) is 1.75. The van der Waals surface area contributed by atoms with Gasteiger partial charge in [0.1, 0.15) is 36.4 Å². The smallest absolute Gasteiger partial charge is 0.408 e. The van der Waals surface area contributed by atoms with Crippen LogP contribution in [0.1, 0.15) is 50.2 Å². The van der Waals surface area contributed by atoms with E-state index in [1.807, 2.05) is 0 Å². The first kappa shape index (κ1) is 46.6. The molecule has 4 rings (SSSR count). The van der Waals surface area contributed by atoms with Crippen molar-refractivity contribution in [3.63, 3.8) is 0 Å². The van der Waals surface area contributed by atoms with Crippen LogP contribution in [0.3, 0.4) is 0 Å². The third kappa shape index (κ3) is 19.0. The Labute approximate surface area is 344 Å². The van der Waals surface area contributed by atoms with Crippen LogP contribution in [-0.4, -0.2) is 102 Å². The number of guanidine groups is 2. The van der Waals surface area contributed by atoms with E-state index in [0.29, 0.717) is 68.8 Å². The van der Waals surface area contributed by atoms with E-state index >= 15 is 0 Å². The molecule has 0 saturated heterocycles. The molecule has 25 heteroatoms. The Morgan fingerprint density at radius 2 is 1.30 bits per heavy atom. The van der Waals surface area contributed by atoms with Gasteiger partial charge in [-0.25, -0.2) is 34.7 Å². The Morgan fingerprint density at radius 1 is 0.721 bits per heavy atom. The third-order valence-corrected chi connectivity index (χ3v) is 7.78. The molecule has 0 spiro atoms. The number of anilines is 4. The highest BCUT2D eigenvalue weighted by Gasteiger charge is 2.27. The monoisotopic (exact) mass is 860 g/mol. The van der Waals surface area contributed by atoms with E-state index in [9.17, 15) is 35.9 Å². The van der Waals surface area contributed by atoms with Gasteiger partial charge in [-0.05, 0) is 62.1 Å². The lowest BCUT2D eigenvalue weighted by atomic mass is 10.1. The first-order valence-corrected chi connectivity index (χ1v) is 18.6. The maximum atomic E-state index is 13.4. The molecule has 4 aromatic rings. The Hall–Kier alpha value is -7.08. The third-order valence-electron chi connectivity index (χ3n) is 7.78. The summed E-state index contributed by atoms with van der Waals surface area (Å²) in [5, 5.41) is 23.7. The lowest BCUT2D eigenvalue weighted by Crippen LogP contribution is -2.32. The average Bonchev–Trinajstić information content (AvgIpc) is 3.22. The molecule has 7 N–H and O–H groups in total. The molecule has 0 aliphatic rings. The van der Waals surface area contributed by atoms with E-state index in [2.05, 4.69) is 66.3 Å². The standard InChI is InChI=1S/C36H42F6N16O3/c37-35(38,39)22-47-33(43)54-26-15-19-45-24(51-26)8-2-1-5-21-58(29-11-7-18-50-57-29)31(59)13-14-32(60)61-30(53-28-10-6-17-49-56-28)12-4-3-9-25-46-20-16-27(52-25)55-34(44)48-23-36(40,41)42/h6-7,10-11,13-20,30H,1-5,8-9,12,21-23H2,(H,53,56)(H3,43,45,47,51,54)(H3,44,46,48,52,55)/b14-13-. The summed E-state index contributed by atoms with van der Waals surface area (Å²) in [4.78, 5) is 51.1. The van der Waals surface area contributed by atoms with Gasteiger partial charge in [0.05, 0.1) is 0 Å². The predicted octanol–water partition coefficient (Wildman–Crippen LogP) is 4.12. The zero-order chi connectivity index (χ0) is 44.1. The number of amides is 1. The van der Waals surface area contributed by atoms with E-state index in [1.165, 1.54) is 41.8 Å². The minimum atomic E-state index is -4.51. The van der Waals surface area contributed by atoms with Gasteiger partial charge in [-0.15, -0.1) is 10.2 Å². The quantitative estimate of drug-likeness (QED) is 0.0150. The highest BCUT2D eigenvalue weighted by atomic mass is 19.4. The second kappa shape index (κ2) is 23.5. The number of nitrogens with two attached hydrogens (primary N) is 2. The zero-order valence-corrected chi connectivity index (χ0v) is 32.4. The largest absolute Gasteiger partial charge is 0.439 e. The van der Waals surface area contributed by atoms with Gasteiger partial charge in [0.2, 0.25) is 0 Å². The van der Waals surface area contributed by atoms with Crippen LogP contribution < -0.4 is 32.3 Å². The maximum absolute atomic E-state index is 13.4. The number of hydrogen-bond donors (Lipinski definition) is 5. The zero-order valence-electron chi connectivity index (χ0n) is 32.4. The van der Waals surface area contributed by atoms with Crippen LogP contribution in [-0.2, 0) is 27.2 Å². The van der Waals surface area contributed by atoms with Crippen molar-refractivity contribution < 1.29 is 40.7 Å². The summed E-state index contributed by atoms with van der Waals surface area (Å²) in [6, 6.07) is 9.33. The highest BCUT2D eigenvalue weighted by molar-refractivity contribution is 6.03. The SMILES string of the molecule is NC(=NCC(F)(F)F)Nc1ccnc(CCCCCN(C(=O)/C=C\C(=O)OC(CCCCc2nccc(NC(N)=NCC(F)(F)F)n2)Nc2cccnn2)c2cccnn2)n1. The van der Waals surface area contributed by atoms with Crippen molar-refractivity contribution in [2.24, 2.45) is 21.5 Å². The van der Waals surface area contributed by atoms with Crippen molar-refractivity contribution in [1.29, 1.82) is 0 Å². The van der Waals surface area contributed by atoms with Crippen LogP contribution in [0.4, 0.5) is 49.6 Å². The molecule has 1 unspecified atom stereocenters. The number of ether oxygens (including phenoxy) is 1. The number of nitrogens with one attached hydrogen (secondary N) is 3. The van der Waals surface area contributed by atoms with Crippen LogP contribution in [0.5, 0.6) is 0 Å². The number of carbonyl (C=O) groups excluding carboxylic acids is 2. The van der Waals surface area contributed by atoms with Crippen molar-refractivity contribution in [3.8, 4) is 0 Å². The molecule has 61 heavy (non-hydrogen) atoms. The van der Waals surface area contributed by atoms with E-state index in [0.717, 1.165) is 12.2 Å². The molecule has 1 amide bonds. The minimum absolute atomic E-state index is 0.166. The average molecular weight is 861 g/mol. The number of carbonyl (C=O) groups is 2. The second-order valence-corrected chi connectivity index (χ2v) is 12.7. The molecule has 0 radical (unpaired) electrons. The van der Waals surface area contributed by atoms with Gasteiger partial charge in [-0.3, -0.25) is 9.69 Å². The number of rotatable bonds is 21. The van der Waals surface area contributed by atoms with Crippen LogP contribution in [0.15, 0.2) is 83.3 Å². The molecule has 4 heterocycles. The van der Waals surface area contributed by atoms with E-state index in [1.54, 1.807) is 24.3 Å². The van der Waals surface area contributed by atoms with Gasteiger partial charge in [-0.2, -0.15) is 36.5 Å². The Morgan fingerprint density at radius 3 is 1.84 bits per heavy atom. The van der Waals surface area contributed by atoms with Crippen molar-refractivity contribution in [2.75, 3.05) is 40.5 Å². The Bertz CT molecular complexity index is 2080. The number of halogens is 6. The highest BCUT2D eigenvalue weighted by Crippen LogP contribution is 2.17. The summed E-state index contributed by atoms with van der Waals surface area (Å²) in [5.74, 6) is -0.548. The molecular formula is C36H42F6N16O3. The molecule has 0 aromatic carbocycles. The molecular weight excluding hydrogens is 818 g/mol. The fourth-order valence-corrected chi connectivity index (χ4v) is 5.10.